The highest BCUT2D eigenvalue weighted by Gasteiger charge is 2.38. The number of hydrogen-bond acceptors (Lipinski definition) is 6. The lowest BCUT2D eigenvalue weighted by Gasteiger charge is -2.40. The molecule has 3 aliphatic rings. The van der Waals surface area contributed by atoms with Gasteiger partial charge in [0.05, 0.1) is 5.60 Å². The quantitative estimate of drug-likeness (QED) is 0.832. The molecule has 29 heavy (non-hydrogen) atoms. The first-order valence-corrected chi connectivity index (χ1v) is 10.3. The number of methoxy groups -OCH3 is 1. The second kappa shape index (κ2) is 7.76. The predicted molar refractivity (Wildman–Crippen MR) is 108 cm³/mol. The molecule has 2 aromatic rings. The van der Waals surface area contributed by atoms with Crippen molar-refractivity contribution < 1.29 is 23.7 Å². The van der Waals surface area contributed by atoms with Crippen molar-refractivity contribution in [1.29, 1.82) is 0 Å². The molecule has 0 saturated heterocycles. The van der Waals surface area contributed by atoms with Gasteiger partial charge in [0.15, 0.2) is 23.0 Å². The van der Waals surface area contributed by atoms with Crippen LogP contribution in [0.3, 0.4) is 0 Å². The van der Waals surface area contributed by atoms with Gasteiger partial charge in [-0.3, -0.25) is 0 Å². The molecule has 1 N–H and O–H groups in total. The van der Waals surface area contributed by atoms with E-state index in [-0.39, 0.29) is 11.7 Å². The Bertz CT molecular complexity index is 862. The average Bonchev–Trinajstić information content (AvgIpc) is 3.26. The Balaban J connectivity index is 1.17. The molecule has 1 fully saturated rings. The number of rotatable bonds is 5. The fourth-order valence-electron chi connectivity index (χ4n) is 4.54. The summed E-state index contributed by atoms with van der Waals surface area (Å²) in [6.45, 7) is 1.65. The van der Waals surface area contributed by atoms with Crippen LogP contribution in [0.15, 0.2) is 42.5 Å². The van der Waals surface area contributed by atoms with Gasteiger partial charge < -0.3 is 29.0 Å². The lowest BCUT2D eigenvalue weighted by molar-refractivity contribution is -0.0508. The van der Waals surface area contributed by atoms with Crippen molar-refractivity contribution in [2.24, 2.45) is 0 Å². The van der Waals surface area contributed by atoms with Crippen molar-refractivity contribution in [2.45, 2.75) is 43.4 Å². The van der Waals surface area contributed by atoms with Crippen LogP contribution in [-0.4, -0.2) is 39.2 Å². The Hall–Kier alpha value is -2.44. The van der Waals surface area contributed by atoms with Crippen LogP contribution in [0.4, 0.5) is 0 Å². The normalized spacial score (nSPS) is 27.6. The molecule has 2 aromatic carbocycles. The van der Waals surface area contributed by atoms with E-state index >= 15 is 0 Å². The molecule has 1 aliphatic carbocycles. The number of hydrogen-bond donors (Lipinski definition) is 1. The van der Waals surface area contributed by atoms with Crippen LogP contribution in [0.25, 0.3) is 0 Å². The Kier molecular flexibility index (Phi) is 4.97. The second-order valence-corrected chi connectivity index (χ2v) is 7.95. The van der Waals surface area contributed by atoms with E-state index in [1.165, 1.54) is 5.56 Å². The number of benzene rings is 2. The molecule has 2 heterocycles. The van der Waals surface area contributed by atoms with E-state index in [0.717, 1.165) is 55.2 Å². The average molecular weight is 397 g/mol. The van der Waals surface area contributed by atoms with Crippen LogP contribution in [-0.2, 0) is 10.3 Å². The van der Waals surface area contributed by atoms with E-state index < -0.39 is 0 Å². The summed E-state index contributed by atoms with van der Waals surface area (Å²) in [5, 5.41) is 3.67. The minimum Gasteiger partial charge on any atom is -0.486 e. The molecule has 0 spiro atoms. The standard InChI is InChI=1S/C23H27NO5/c1-25-23(16-6-7-20-22(12-16)28-15-27-20)10-8-17(9-11-23)24-13-18-14-26-19-4-2-3-5-21(19)29-18/h2-7,12,17-18,24H,8-11,13-15H2,1H3/t17-,18?,23-. The van der Waals surface area contributed by atoms with E-state index in [0.29, 0.717) is 19.4 Å². The third kappa shape index (κ3) is 3.63. The summed E-state index contributed by atoms with van der Waals surface area (Å²) < 4.78 is 28.9. The van der Waals surface area contributed by atoms with Gasteiger partial charge in [0, 0.05) is 19.7 Å². The van der Waals surface area contributed by atoms with Crippen molar-refractivity contribution in [2.75, 3.05) is 27.1 Å². The van der Waals surface area contributed by atoms with Crippen LogP contribution in [0.2, 0.25) is 0 Å². The molecular weight excluding hydrogens is 370 g/mol. The van der Waals surface area contributed by atoms with E-state index in [2.05, 4.69) is 17.4 Å². The maximum atomic E-state index is 6.06. The van der Waals surface area contributed by atoms with Gasteiger partial charge in [-0.15, -0.1) is 0 Å². The summed E-state index contributed by atoms with van der Waals surface area (Å²) in [5.74, 6) is 3.28. The third-order valence-corrected chi connectivity index (χ3v) is 6.28. The van der Waals surface area contributed by atoms with Crippen molar-refractivity contribution in [3.63, 3.8) is 0 Å². The SMILES string of the molecule is CO[C@]1(c2ccc3c(c2)OCO3)CC[C@@H](NCC2COc3ccccc3O2)CC1. The summed E-state index contributed by atoms with van der Waals surface area (Å²) in [6, 6.07) is 14.5. The van der Waals surface area contributed by atoms with Crippen molar-refractivity contribution in [3.8, 4) is 23.0 Å². The molecule has 0 radical (unpaired) electrons. The molecule has 1 unspecified atom stereocenters. The first-order valence-electron chi connectivity index (χ1n) is 10.3. The predicted octanol–water partition coefficient (Wildman–Crippen LogP) is 3.63. The molecule has 154 valence electrons. The van der Waals surface area contributed by atoms with E-state index in [9.17, 15) is 0 Å². The number of ether oxygens (including phenoxy) is 5. The summed E-state index contributed by atoms with van der Waals surface area (Å²) in [6.07, 6.45) is 4.06. The Morgan fingerprint density at radius 1 is 0.966 bits per heavy atom. The molecule has 0 amide bonds. The van der Waals surface area contributed by atoms with Gasteiger partial charge >= 0.3 is 0 Å². The molecular formula is C23H27NO5. The summed E-state index contributed by atoms with van der Waals surface area (Å²) in [5.41, 5.74) is 0.908. The fraction of sp³-hybridized carbons (Fsp3) is 0.478. The van der Waals surface area contributed by atoms with Gasteiger partial charge in [-0.25, -0.2) is 0 Å². The summed E-state index contributed by atoms with van der Waals surface area (Å²) in [7, 11) is 1.81. The first kappa shape index (κ1) is 18.6. The molecule has 5 rings (SSSR count). The first-order chi connectivity index (χ1) is 14.3. The van der Waals surface area contributed by atoms with Gasteiger partial charge in [-0.2, -0.15) is 0 Å². The summed E-state index contributed by atoms with van der Waals surface area (Å²) in [4.78, 5) is 0. The number of para-hydroxylation sites is 2. The van der Waals surface area contributed by atoms with Crippen molar-refractivity contribution >= 4 is 0 Å². The highest BCUT2D eigenvalue weighted by Crippen LogP contribution is 2.44. The molecule has 1 atom stereocenters. The second-order valence-electron chi connectivity index (χ2n) is 7.95. The van der Waals surface area contributed by atoms with Crippen LogP contribution in [0.1, 0.15) is 31.2 Å². The summed E-state index contributed by atoms with van der Waals surface area (Å²) >= 11 is 0. The van der Waals surface area contributed by atoms with Crippen LogP contribution >= 0.6 is 0 Å². The minimum atomic E-state index is -0.261. The van der Waals surface area contributed by atoms with Crippen molar-refractivity contribution in [3.05, 3.63) is 48.0 Å². The van der Waals surface area contributed by atoms with E-state index in [4.69, 9.17) is 23.7 Å². The zero-order valence-corrected chi connectivity index (χ0v) is 16.7. The molecule has 2 aliphatic heterocycles. The van der Waals surface area contributed by atoms with E-state index in [1.807, 2.05) is 37.4 Å². The zero-order chi connectivity index (χ0) is 19.7. The highest BCUT2D eigenvalue weighted by atomic mass is 16.7. The van der Waals surface area contributed by atoms with Crippen LogP contribution in [0.5, 0.6) is 23.0 Å². The number of nitrogens with one attached hydrogen (secondary N) is 1. The van der Waals surface area contributed by atoms with Crippen molar-refractivity contribution in [1.82, 2.24) is 5.32 Å². The fourth-order valence-corrected chi connectivity index (χ4v) is 4.54. The lowest BCUT2D eigenvalue weighted by atomic mass is 9.77. The Labute approximate surface area is 171 Å². The maximum absolute atomic E-state index is 6.06. The Morgan fingerprint density at radius 2 is 1.72 bits per heavy atom. The van der Waals surface area contributed by atoms with Gasteiger partial charge in [0.1, 0.15) is 12.7 Å². The van der Waals surface area contributed by atoms with Gasteiger partial charge in [-0.1, -0.05) is 18.2 Å². The highest BCUT2D eigenvalue weighted by molar-refractivity contribution is 5.46. The molecule has 0 aromatic heterocycles. The van der Waals surface area contributed by atoms with E-state index in [1.54, 1.807) is 0 Å². The molecule has 1 saturated carbocycles. The molecule has 6 nitrogen and oxygen atoms in total. The third-order valence-electron chi connectivity index (χ3n) is 6.28. The van der Waals surface area contributed by atoms with Crippen LogP contribution < -0.4 is 24.3 Å². The lowest BCUT2D eigenvalue weighted by Crippen LogP contribution is -2.46. The zero-order valence-electron chi connectivity index (χ0n) is 16.7. The van der Waals surface area contributed by atoms with Gasteiger partial charge in [0.25, 0.3) is 0 Å². The monoisotopic (exact) mass is 397 g/mol. The smallest absolute Gasteiger partial charge is 0.231 e. The van der Waals surface area contributed by atoms with Gasteiger partial charge in [-0.05, 0) is 55.5 Å². The van der Waals surface area contributed by atoms with Gasteiger partial charge in [0.2, 0.25) is 6.79 Å². The maximum Gasteiger partial charge on any atom is 0.231 e. The molecule has 0 bridgehead atoms. The molecule has 6 heteroatoms. The largest absolute Gasteiger partial charge is 0.486 e. The van der Waals surface area contributed by atoms with Crippen LogP contribution in [0, 0.1) is 0 Å². The Morgan fingerprint density at radius 3 is 2.55 bits per heavy atom. The number of fused-ring (bicyclic) bond motifs is 2. The topological polar surface area (TPSA) is 58.2 Å². The minimum absolute atomic E-state index is 0.0351.